The zero-order chi connectivity index (χ0) is 14.8. The average molecular weight is 324 g/mol. The first kappa shape index (κ1) is 15.4. The molecule has 2 saturated carbocycles. The molecule has 3 rings (SSSR count). The van der Waals surface area contributed by atoms with E-state index in [1.165, 1.54) is 50.5 Å². The molecule has 2 fully saturated rings. The molecular formula is C18H23Cl2N. The first-order valence-electron chi connectivity index (χ1n) is 8.02. The van der Waals surface area contributed by atoms with Crippen molar-refractivity contribution in [3.8, 4) is 0 Å². The van der Waals surface area contributed by atoms with Crippen LogP contribution in [0.3, 0.4) is 0 Å². The van der Waals surface area contributed by atoms with E-state index in [0.29, 0.717) is 16.1 Å². The molecule has 1 aromatic carbocycles. The molecule has 0 amide bonds. The lowest BCUT2D eigenvalue weighted by Gasteiger charge is -2.42. The summed E-state index contributed by atoms with van der Waals surface area (Å²) >= 11 is 12.2. The second-order valence-corrected chi connectivity index (χ2v) is 7.22. The molecule has 2 aliphatic carbocycles. The highest BCUT2D eigenvalue weighted by Gasteiger charge is 2.30. The first-order chi connectivity index (χ1) is 10.1. The van der Waals surface area contributed by atoms with Crippen molar-refractivity contribution in [2.45, 2.75) is 57.0 Å². The maximum Gasteiger partial charge on any atom is 0.0598 e. The summed E-state index contributed by atoms with van der Waals surface area (Å²) in [7, 11) is 2.31. The average Bonchev–Trinajstić information content (AvgIpc) is 2.41. The molecule has 3 heteroatoms. The number of nitrogens with zero attached hydrogens (tertiary/aromatic N) is 1. The highest BCUT2D eigenvalue weighted by Crippen LogP contribution is 2.34. The predicted molar refractivity (Wildman–Crippen MR) is 92.1 cm³/mol. The van der Waals surface area contributed by atoms with E-state index in [2.05, 4.69) is 24.1 Å². The van der Waals surface area contributed by atoms with Gasteiger partial charge in [-0.25, -0.2) is 0 Å². The third-order valence-corrected chi connectivity index (χ3v) is 5.80. The normalized spacial score (nSPS) is 25.3. The van der Waals surface area contributed by atoms with E-state index in [1.54, 1.807) is 5.57 Å². The van der Waals surface area contributed by atoms with Crippen LogP contribution in [0.1, 0.15) is 50.5 Å². The second kappa shape index (κ2) is 6.73. The van der Waals surface area contributed by atoms with Crippen LogP contribution >= 0.6 is 23.2 Å². The highest BCUT2D eigenvalue weighted by molar-refractivity contribution is 6.42. The van der Waals surface area contributed by atoms with Gasteiger partial charge in [-0.2, -0.15) is 0 Å². The molecule has 0 aromatic heterocycles. The second-order valence-electron chi connectivity index (χ2n) is 6.40. The number of halogens is 2. The Bertz CT molecular complexity index is 534. The van der Waals surface area contributed by atoms with Crippen LogP contribution in [-0.4, -0.2) is 24.0 Å². The summed E-state index contributed by atoms with van der Waals surface area (Å²) in [5.41, 5.74) is 2.74. The van der Waals surface area contributed by atoms with E-state index in [1.807, 2.05) is 12.1 Å². The Hall–Kier alpha value is -0.500. The van der Waals surface area contributed by atoms with Gasteiger partial charge in [0.15, 0.2) is 0 Å². The van der Waals surface area contributed by atoms with E-state index in [9.17, 15) is 0 Å². The lowest BCUT2D eigenvalue weighted by Crippen LogP contribution is -2.45. The van der Waals surface area contributed by atoms with Crippen molar-refractivity contribution in [2.24, 2.45) is 0 Å². The minimum absolute atomic E-state index is 0.610. The third-order valence-electron chi connectivity index (χ3n) is 5.06. The van der Waals surface area contributed by atoms with Crippen molar-refractivity contribution in [1.82, 2.24) is 4.90 Å². The van der Waals surface area contributed by atoms with Gasteiger partial charge in [0.1, 0.15) is 0 Å². The summed E-state index contributed by atoms with van der Waals surface area (Å²) < 4.78 is 0. The monoisotopic (exact) mass is 323 g/mol. The molecule has 2 aliphatic rings. The molecule has 1 unspecified atom stereocenters. The van der Waals surface area contributed by atoms with Gasteiger partial charge < -0.3 is 0 Å². The maximum atomic E-state index is 6.14. The number of hydrogen-bond acceptors (Lipinski definition) is 1. The summed E-state index contributed by atoms with van der Waals surface area (Å²) in [5, 5.41) is 1.27. The van der Waals surface area contributed by atoms with Crippen molar-refractivity contribution in [3.63, 3.8) is 0 Å². The van der Waals surface area contributed by atoms with Crippen molar-refractivity contribution in [3.05, 3.63) is 39.4 Å². The van der Waals surface area contributed by atoms with Gasteiger partial charge in [0.2, 0.25) is 0 Å². The van der Waals surface area contributed by atoms with Gasteiger partial charge in [0, 0.05) is 12.1 Å². The van der Waals surface area contributed by atoms with Gasteiger partial charge in [-0.05, 0) is 56.8 Å². The number of rotatable bonds is 3. The van der Waals surface area contributed by atoms with Crippen LogP contribution in [0.5, 0.6) is 0 Å². The number of hydrogen-bond donors (Lipinski definition) is 0. The van der Waals surface area contributed by atoms with E-state index >= 15 is 0 Å². The molecule has 0 spiro atoms. The van der Waals surface area contributed by atoms with Gasteiger partial charge in [-0.1, -0.05) is 53.8 Å². The zero-order valence-corrected chi connectivity index (χ0v) is 14.1. The minimum atomic E-state index is 0.610. The largest absolute Gasteiger partial charge is 0.297 e. The van der Waals surface area contributed by atoms with Gasteiger partial charge in [-0.3, -0.25) is 4.90 Å². The molecule has 0 heterocycles. The number of benzene rings is 1. The molecular weight excluding hydrogens is 301 g/mol. The predicted octanol–water partition coefficient (Wildman–Crippen LogP) is 5.80. The minimum Gasteiger partial charge on any atom is -0.297 e. The molecule has 21 heavy (non-hydrogen) atoms. The Morgan fingerprint density at radius 3 is 2.52 bits per heavy atom. The van der Waals surface area contributed by atoms with Crippen LogP contribution in [0, 0.1) is 0 Å². The van der Waals surface area contributed by atoms with Crippen molar-refractivity contribution in [1.29, 1.82) is 0 Å². The molecule has 0 saturated heterocycles. The number of likely N-dealkylation sites (N-methyl/N-ethyl adjacent to an activating group) is 1. The maximum absolute atomic E-state index is 6.14. The zero-order valence-electron chi connectivity index (χ0n) is 12.6. The lowest BCUT2D eigenvalue weighted by molar-refractivity contribution is 0.113. The van der Waals surface area contributed by atoms with E-state index in [-0.39, 0.29) is 0 Å². The Kier molecular flexibility index (Phi) is 4.93. The van der Waals surface area contributed by atoms with Crippen LogP contribution in [0.15, 0.2) is 23.8 Å². The molecule has 1 aromatic rings. The van der Waals surface area contributed by atoms with Crippen LogP contribution in [0.2, 0.25) is 10.0 Å². The molecule has 0 radical (unpaired) electrons. The summed E-state index contributed by atoms with van der Waals surface area (Å²) in [5.74, 6) is 0. The molecule has 114 valence electrons. The van der Waals surface area contributed by atoms with Crippen LogP contribution < -0.4 is 0 Å². The molecule has 1 nitrogen and oxygen atoms in total. The fraction of sp³-hybridized carbons (Fsp3) is 0.556. The standard InChI is InChI=1S/C18H23Cl2N/c1-21(15-6-4-7-15)18-8-3-2-5-14(18)11-13-9-10-16(19)17(20)12-13/h9-12,15,18H,2-8H2,1H3/b14-11-. The smallest absolute Gasteiger partial charge is 0.0598 e. The van der Waals surface area contributed by atoms with Crippen LogP contribution in [-0.2, 0) is 0 Å². The van der Waals surface area contributed by atoms with E-state index in [4.69, 9.17) is 23.2 Å². The molecule has 0 N–H and O–H groups in total. The summed E-state index contributed by atoms with van der Waals surface area (Å²) in [6.07, 6.45) is 11.6. The molecule has 1 atom stereocenters. The first-order valence-corrected chi connectivity index (χ1v) is 8.78. The summed E-state index contributed by atoms with van der Waals surface area (Å²) in [6.45, 7) is 0. The van der Waals surface area contributed by atoms with Crippen LogP contribution in [0.25, 0.3) is 6.08 Å². The Morgan fingerprint density at radius 1 is 1.05 bits per heavy atom. The van der Waals surface area contributed by atoms with Crippen molar-refractivity contribution < 1.29 is 0 Å². The van der Waals surface area contributed by atoms with E-state index < -0.39 is 0 Å². The Balaban J connectivity index is 1.82. The third kappa shape index (κ3) is 3.47. The van der Waals surface area contributed by atoms with Gasteiger partial charge >= 0.3 is 0 Å². The quantitative estimate of drug-likeness (QED) is 0.679. The Morgan fingerprint density at radius 2 is 1.86 bits per heavy atom. The molecule has 0 bridgehead atoms. The summed E-state index contributed by atoms with van der Waals surface area (Å²) in [4.78, 5) is 2.62. The fourth-order valence-electron chi connectivity index (χ4n) is 3.52. The van der Waals surface area contributed by atoms with Gasteiger partial charge in [0.25, 0.3) is 0 Å². The van der Waals surface area contributed by atoms with Crippen LogP contribution in [0.4, 0.5) is 0 Å². The van der Waals surface area contributed by atoms with Crippen molar-refractivity contribution in [2.75, 3.05) is 7.05 Å². The fourth-order valence-corrected chi connectivity index (χ4v) is 3.82. The Labute approximate surface area is 137 Å². The SMILES string of the molecule is CN(C1CCC1)C1CCCC/C1=C/c1ccc(Cl)c(Cl)c1. The van der Waals surface area contributed by atoms with E-state index in [0.717, 1.165) is 6.04 Å². The topological polar surface area (TPSA) is 3.24 Å². The van der Waals surface area contributed by atoms with Gasteiger partial charge in [-0.15, -0.1) is 0 Å². The summed E-state index contributed by atoms with van der Waals surface area (Å²) in [6, 6.07) is 7.34. The van der Waals surface area contributed by atoms with Crippen molar-refractivity contribution >= 4 is 29.3 Å². The van der Waals surface area contributed by atoms with Gasteiger partial charge in [0.05, 0.1) is 10.0 Å². The lowest BCUT2D eigenvalue weighted by atomic mass is 9.84. The highest BCUT2D eigenvalue weighted by atomic mass is 35.5. The molecule has 0 aliphatic heterocycles.